The van der Waals surface area contributed by atoms with Crippen LogP contribution in [0.4, 0.5) is 27.5 Å². The minimum absolute atomic E-state index is 1.28. The SMILES string of the molecule is O=C(O)Oc1c(OC[N+](=O)[O-])c([N+](=O)[O-])c([N+](=O)[O-])c([N+](=O)[O-])c1[N+](=O)[O-]. The van der Waals surface area contributed by atoms with Crippen molar-refractivity contribution < 1.29 is 44.0 Å². The van der Waals surface area contributed by atoms with E-state index in [2.05, 4.69) is 9.47 Å². The van der Waals surface area contributed by atoms with Crippen molar-refractivity contribution in [1.29, 1.82) is 0 Å². The normalized spacial score (nSPS) is 9.93. The van der Waals surface area contributed by atoms with Crippen LogP contribution in [0.2, 0.25) is 0 Å². The highest BCUT2D eigenvalue weighted by atomic mass is 16.7. The molecule has 144 valence electrons. The lowest BCUT2D eigenvalue weighted by molar-refractivity contribution is -0.515. The Morgan fingerprint density at radius 2 is 1.11 bits per heavy atom. The van der Waals surface area contributed by atoms with Crippen molar-refractivity contribution in [3.8, 4) is 11.5 Å². The molecule has 0 heterocycles. The Labute approximate surface area is 143 Å². The van der Waals surface area contributed by atoms with Gasteiger partial charge >= 0.3 is 35.6 Å². The van der Waals surface area contributed by atoms with Gasteiger partial charge in [-0.3, -0.25) is 50.6 Å². The fourth-order valence-corrected chi connectivity index (χ4v) is 1.77. The van der Waals surface area contributed by atoms with E-state index in [-0.39, 0.29) is 0 Å². The van der Waals surface area contributed by atoms with E-state index in [0.717, 1.165) is 0 Å². The van der Waals surface area contributed by atoms with Crippen LogP contribution < -0.4 is 9.47 Å². The lowest BCUT2D eigenvalue weighted by Crippen LogP contribution is -2.15. The maximum absolute atomic E-state index is 11.1. The van der Waals surface area contributed by atoms with Gasteiger partial charge in [-0.25, -0.2) is 4.79 Å². The zero-order valence-electron chi connectivity index (χ0n) is 12.2. The number of hydrogen-bond acceptors (Lipinski definition) is 13. The number of ether oxygens (including phenoxy) is 2. The Balaban J connectivity index is 4.23. The van der Waals surface area contributed by atoms with Crippen molar-refractivity contribution in [2.45, 2.75) is 0 Å². The molecule has 0 fully saturated rings. The number of nitrogens with zero attached hydrogens (tertiary/aromatic N) is 5. The molecule has 1 rings (SSSR count). The van der Waals surface area contributed by atoms with Crippen molar-refractivity contribution in [2.24, 2.45) is 0 Å². The molecule has 1 aromatic carbocycles. The molecule has 0 spiro atoms. The van der Waals surface area contributed by atoms with Crippen LogP contribution in [-0.4, -0.2) is 42.6 Å². The Morgan fingerprint density at radius 3 is 1.41 bits per heavy atom. The molecule has 0 atom stereocenters. The molecule has 1 aromatic rings. The summed E-state index contributed by atoms with van der Waals surface area (Å²) in [6.07, 6.45) is -2.39. The smallest absolute Gasteiger partial charge is 0.449 e. The molecule has 0 saturated carbocycles. The summed E-state index contributed by atoms with van der Waals surface area (Å²) in [6, 6.07) is 0. The first kappa shape index (κ1) is 20.3. The molecule has 0 aliphatic carbocycles. The van der Waals surface area contributed by atoms with Crippen LogP contribution in [0.3, 0.4) is 0 Å². The predicted molar refractivity (Wildman–Crippen MR) is 74.2 cm³/mol. The van der Waals surface area contributed by atoms with Gasteiger partial charge in [-0.1, -0.05) is 0 Å². The molecule has 0 aliphatic rings. The molecule has 0 unspecified atom stereocenters. The van der Waals surface area contributed by atoms with Gasteiger partial charge in [0.15, 0.2) is 0 Å². The van der Waals surface area contributed by atoms with Gasteiger partial charge in [0.05, 0.1) is 24.6 Å². The van der Waals surface area contributed by atoms with Crippen LogP contribution in [0.1, 0.15) is 0 Å². The largest absolute Gasteiger partial charge is 0.511 e. The van der Waals surface area contributed by atoms with Gasteiger partial charge < -0.3 is 14.6 Å². The van der Waals surface area contributed by atoms with Crippen LogP contribution in [0.25, 0.3) is 0 Å². The minimum Gasteiger partial charge on any atom is -0.449 e. The zero-order valence-corrected chi connectivity index (χ0v) is 12.2. The standard InChI is InChI=1S/C8H3N5O14/c14-8(15)27-7-5(13(24)25)3(11(20)21)2(10(18)19)4(12(22)23)6(7)26-1-9(16)17/h1H2,(H,14,15). The van der Waals surface area contributed by atoms with Crippen LogP contribution in [0.5, 0.6) is 11.5 Å². The molecule has 0 saturated heterocycles. The number of carbonyl (C=O) groups is 1. The molecule has 0 aromatic heterocycles. The summed E-state index contributed by atoms with van der Waals surface area (Å²) < 4.78 is 8.13. The number of hydrogen-bond donors (Lipinski definition) is 1. The van der Waals surface area contributed by atoms with Crippen LogP contribution in [0.15, 0.2) is 0 Å². The molecular weight excluding hydrogens is 390 g/mol. The summed E-state index contributed by atoms with van der Waals surface area (Å²) in [5.41, 5.74) is -8.08. The molecule has 0 amide bonds. The first-order valence-electron chi connectivity index (χ1n) is 5.87. The summed E-state index contributed by atoms with van der Waals surface area (Å²) in [6.45, 7) is -1.68. The van der Waals surface area contributed by atoms with E-state index in [1.165, 1.54) is 0 Å². The van der Waals surface area contributed by atoms with Gasteiger partial charge in [0.25, 0.3) is 11.5 Å². The maximum atomic E-state index is 11.1. The van der Waals surface area contributed by atoms with E-state index < -0.39 is 71.8 Å². The maximum Gasteiger partial charge on any atom is 0.511 e. The number of carboxylic acid groups (broad SMARTS) is 1. The second kappa shape index (κ2) is 7.45. The first-order chi connectivity index (χ1) is 12.4. The first-order valence-corrected chi connectivity index (χ1v) is 5.87. The predicted octanol–water partition coefficient (Wildman–Crippen LogP) is 0.989. The average molecular weight is 393 g/mol. The molecule has 27 heavy (non-hydrogen) atoms. The van der Waals surface area contributed by atoms with Gasteiger partial charge in [0.1, 0.15) is 0 Å². The Bertz CT molecular complexity index is 892. The summed E-state index contributed by atoms with van der Waals surface area (Å²) in [4.78, 5) is 57.3. The van der Waals surface area contributed by atoms with Crippen LogP contribution in [-0.2, 0) is 0 Å². The topological polar surface area (TPSA) is 271 Å². The molecule has 19 nitrogen and oxygen atoms in total. The Morgan fingerprint density at radius 1 is 0.741 bits per heavy atom. The van der Waals surface area contributed by atoms with E-state index >= 15 is 0 Å². The number of rotatable bonds is 8. The molecule has 0 radical (unpaired) electrons. The molecular formula is C8H3N5O14. The highest BCUT2D eigenvalue weighted by molar-refractivity contribution is 5.87. The molecule has 19 heteroatoms. The second-order valence-corrected chi connectivity index (χ2v) is 4.06. The average Bonchev–Trinajstić information content (AvgIpc) is 2.50. The monoisotopic (exact) mass is 393 g/mol. The van der Waals surface area contributed by atoms with Crippen LogP contribution >= 0.6 is 0 Å². The van der Waals surface area contributed by atoms with E-state index in [0.29, 0.717) is 0 Å². The van der Waals surface area contributed by atoms with E-state index in [1.807, 2.05) is 0 Å². The van der Waals surface area contributed by atoms with Crippen molar-refractivity contribution in [1.82, 2.24) is 0 Å². The summed E-state index contributed by atoms with van der Waals surface area (Å²) in [5, 5.41) is 63.4. The van der Waals surface area contributed by atoms with Gasteiger partial charge in [-0.2, -0.15) is 0 Å². The fraction of sp³-hybridized carbons (Fsp3) is 0.125. The highest BCUT2D eigenvalue weighted by Gasteiger charge is 2.52. The number of nitro benzene ring substituents is 4. The highest BCUT2D eigenvalue weighted by Crippen LogP contribution is 2.56. The lowest BCUT2D eigenvalue weighted by Gasteiger charge is -2.09. The molecule has 0 bridgehead atoms. The molecule has 0 aliphatic heterocycles. The van der Waals surface area contributed by atoms with Gasteiger partial charge in [0.2, 0.25) is 0 Å². The summed E-state index contributed by atoms with van der Waals surface area (Å²) >= 11 is 0. The third kappa shape index (κ3) is 4.04. The quantitative estimate of drug-likeness (QED) is 0.212. The van der Waals surface area contributed by atoms with E-state index in [4.69, 9.17) is 5.11 Å². The number of benzene rings is 1. The van der Waals surface area contributed by atoms with Crippen molar-refractivity contribution >= 4 is 28.9 Å². The molecule has 1 N–H and O–H groups in total. The van der Waals surface area contributed by atoms with Crippen LogP contribution in [0, 0.1) is 50.6 Å². The second-order valence-electron chi connectivity index (χ2n) is 4.06. The Kier molecular flexibility index (Phi) is 5.61. The third-order valence-electron chi connectivity index (χ3n) is 2.54. The van der Waals surface area contributed by atoms with E-state index in [9.17, 15) is 55.4 Å². The van der Waals surface area contributed by atoms with Gasteiger partial charge in [-0.15, -0.1) is 0 Å². The number of nitro groups is 5. The summed E-state index contributed by atoms with van der Waals surface area (Å²) in [5.74, 6) is -3.53. The minimum atomic E-state index is -2.39. The fourth-order valence-electron chi connectivity index (χ4n) is 1.77. The Hall–Kier alpha value is -4.71. The van der Waals surface area contributed by atoms with Crippen molar-refractivity contribution in [3.63, 3.8) is 0 Å². The van der Waals surface area contributed by atoms with Gasteiger partial charge in [-0.05, 0) is 0 Å². The van der Waals surface area contributed by atoms with Crippen molar-refractivity contribution in [2.75, 3.05) is 6.73 Å². The zero-order chi connectivity index (χ0) is 21.0. The third-order valence-corrected chi connectivity index (χ3v) is 2.54. The lowest BCUT2D eigenvalue weighted by atomic mass is 10.1. The summed E-state index contributed by atoms with van der Waals surface area (Å²) in [7, 11) is 0. The van der Waals surface area contributed by atoms with Gasteiger partial charge in [0, 0.05) is 0 Å². The van der Waals surface area contributed by atoms with E-state index in [1.54, 1.807) is 0 Å². The van der Waals surface area contributed by atoms with Crippen molar-refractivity contribution in [3.05, 3.63) is 50.6 Å².